The zero-order chi connectivity index (χ0) is 24.7. The topological polar surface area (TPSA) is 99.0 Å². The monoisotopic (exact) mass is 486 g/mol. The van der Waals surface area contributed by atoms with Gasteiger partial charge in [-0.25, -0.2) is 4.79 Å². The molecular weight excluding hydrogens is 460 g/mol. The van der Waals surface area contributed by atoms with Crippen molar-refractivity contribution in [1.82, 2.24) is 4.90 Å². The SMILES string of the molecule is CC1(C)CC2CC(C)(CN2C(=O)COC(=O)c2ccc(Oc3ccc(Cl)cc3[N+](=O)[O-])cc2)C1. The summed E-state index contributed by atoms with van der Waals surface area (Å²) in [5.74, 6) is -0.456. The van der Waals surface area contributed by atoms with Crippen LogP contribution in [0.25, 0.3) is 0 Å². The van der Waals surface area contributed by atoms with Gasteiger partial charge in [0.25, 0.3) is 5.91 Å². The molecule has 0 aromatic heterocycles. The van der Waals surface area contributed by atoms with Crippen LogP contribution >= 0.6 is 11.6 Å². The first kappa shape index (κ1) is 24.0. The first-order valence-electron chi connectivity index (χ1n) is 11.1. The molecule has 4 rings (SSSR count). The fourth-order valence-electron chi connectivity index (χ4n) is 5.55. The van der Waals surface area contributed by atoms with Crippen LogP contribution in [-0.4, -0.2) is 40.9 Å². The Kier molecular flexibility index (Phi) is 6.29. The minimum Gasteiger partial charge on any atom is -0.452 e. The molecule has 9 heteroatoms. The highest BCUT2D eigenvalue weighted by Crippen LogP contribution is 2.52. The number of likely N-dealkylation sites (tertiary alicyclic amines) is 1. The molecule has 2 fully saturated rings. The van der Waals surface area contributed by atoms with Crippen molar-refractivity contribution in [3.8, 4) is 11.5 Å². The molecule has 2 aromatic rings. The van der Waals surface area contributed by atoms with E-state index in [9.17, 15) is 19.7 Å². The normalized spacial score (nSPS) is 22.8. The van der Waals surface area contributed by atoms with E-state index in [0.29, 0.717) is 12.3 Å². The van der Waals surface area contributed by atoms with Crippen LogP contribution in [0.3, 0.4) is 0 Å². The van der Waals surface area contributed by atoms with Crippen molar-refractivity contribution in [2.24, 2.45) is 10.8 Å². The number of ether oxygens (including phenoxy) is 2. The molecule has 8 nitrogen and oxygen atoms in total. The lowest BCUT2D eigenvalue weighted by molar-refractivity contribution is -0.385. The van der Waals surface area contributed by atoms with E-state index in [1.807, 2.05) is 4.90 Å². The van der Waals surface area contributed by atoms with Crippen LogP contribution in [0.2, 0.25) is 5.02 Å². The number of hydrogen-bond donors (Lipinski definition) is 0. The average molecular weight is 487 g/mol. The number of esters is 1. The molecule has 1 heterocycles. The van der Waals surface area contributed by atoms with Gasteiger partial charge < -0.3 is 14.4 Å². The van der Waals surface area contributed by atoms with Gasteiger partial charge in [-0.1, -0.05) is 32.4 Å². The summed E-state index contributed by atoms with van der Waals surface area (Å²) in [7, 11) is 0. The molecule has 2 bridgehead atoms. The highest BCUT2D eigenvalue weighted by Gasteiger charge is 2.50. The maximum atomic E-state index is 12.8. The maximum Gasteiger partial charge on any atom is 0.338 e. The zero-order valence-electron chi connectivity index (χ0n) is 19.4. The molecule has 1 aliphatic carbocycles. The summed E-state index contributed by atoms with van der Waals surface area (Å²) < 4.78 is 10.9. The second-order valence-corrected chi connectivity index (χ2v) is 10.7. The van der Waals surface area contributed by atoms with Crippen molar-refractivity contribution < 1.29 is 24.0 Å². The lowest BCUT2D eigenvalue weighted by Gasteiger charge is -2.39. The molecule has 0 radical (unpaired) electrons. The van der Waals surface area contributed by atoms with Crippen LogP contribution in [0.5, 0.6) is 11.5 Å². The average Bonchev–Trinajstić information content (AvgIpc) is 3.02. The highest BCUT2D eigenvalue weighted by molar-refractivity contribution is 6.30. The van der Waals surface area contributed by atoms with Crippen molar-refractivity contribution >= 4 is 29.2 Å². The molecule has 2 unspecified atom stereocenters. The quantitative estimate of drug-likeness (QED) is 0.298. The number of carbonyl (C=O) groups excluding carboxylic acids is 2. The van der Waals surface area contributed by atoms with Crippen molar-refractivity contribution in [3.05, 3.63) is 63.2 Å². The zero-order valence-corrected chi connectivity index (χ0v) is 20.1. The fourth-order valence-corrected chi connectivity index (χ4v) is 5.72. The molecule has 0 N–H and O–H groups in total. The Hall–Kier alpha value is -3.13. The third-order valence-corrected chi connectivity index (χ3v) is 6.73. The van der Waals surface area contributed by atoms with Gasteiger partial charge in [-0.2, -0.15) is 0 Å². The molecule has 2 aliphatic rings. The molecule has 1 aliphatic heterocycles. The van der Waals surface area contributed by atoms with Crippen LogP contribution in [0.15, 0.2) is 42.5 Å². The van der Waals surface area contributed by atoms with E-state index in [0.717, 1.165) is 19.3 Å². The molecule has 1 saturated heterocycles. The van der Waals surface area contributed by atoms with Gasteiger partial charge in [0.1, 0.15) is 5.75 Å². The van der Waals surface area contributed by atoms with Crippen molar-refractivity contribution in [1.29, 1.82) is 0 Å². The molecule has 34 heavy (non-hydrogen) atoms. The Balaban J connectivity index is 1.35. The summed E-state index contributed by atoms with van der Waals surface area (Å²) in [6.45, 7) is 7.09. The van der Waals surface area contributed by atoms with Crippen LogP contribution in [-0.2, 0) is 9.53 Å². The number of nitro benzene ring substituents is 1. The fraction of sp³-hybridized carbons (Fsp3) is 0.440. The summed E-state index contributed by atoms with van der Waals surface area (Å²) in [5.41, 5.74) is 0.290. The van der Waals surface area contributed by atoms with Crippen LogP contribution in [0, 0.1) is 20.9 Å². The first-order valence-corrected chi connectivity index (χ1v) is 11.5. The lowest BCUT2D eigenvalue weighted by Crippen LogP contribution is -2.39. The number of halogens is 1. The highest BCUT2D eigenvalue weighted by atomic mass is 35.5. The van der Waals surface area contributed by atoms with Crippen LogP contribution < -0.4 is 4.74 Å². The largest absolute Gasteiger partial charge is 0.452 e. The van der Waals surface area contributed by atoms with E-state index in [1.165, 1.54) is 42.5 Å². The van der Waals surface area contributed by atoms with E-state index in [1.54, 1.807) is 0 Å². The molecule has 1 amide bonds. The Morgan fingerprint density at radius 2 is 1.85 bits per heavy atom. The Morgan fingerprint density at radius 1 is 1.15 bits per heavy atom. The summed E-state index contributed by atoms with van der Waals surface area (Å²) in [5, 5.41) is 11.4. The van der Waals surface area contributed by atoms with E-state index in [-0.39, 0.29) is 51.4 Å². The lowest BCUT2D eigenvalue weighted by atomic mass is 9.65. The number of nitrogens with zero attached hydrogens (tertiary/aromatic N) is 2. The number of rotatable bonds is 6. The minimum absolute atomic E-state index is 0.0306. The summed E-state index contributed by atoms with van der Waals surface area (Å²) in [4.78, 5) is 37.8. The Morgan fingerprint density at radius 3 is 2.53 bits per heavy atom. The van der Waals surface area contributed by atoms with Crippen molar-refractivity contribution in [3.63, 3.8) is 0 Å². The van der Waals surface area contributed by atoms with Gasteiger partial charge >= 0.3 is 11.7 Å². The summed E-state index contributed by atoms with van der Waals surface area (Å²) in [6.07, 6.45) is 3.02. The number of hydrogen-bond acceptors (Lipinski definition) is 6. The molecule has 2 atom stereocenters. The van der Waals surface area contributed by atoms with Crippen molar-refractivity contribution in [2.45, 2.75) is 46.1 Å². The van der Waals surface area contributed by atoms with Gasteiger partial charge in [0.05, 0.1) is 10.5 Å². The van der Waals surface area contributed by atoms with E-state index in [4.69, 9.17) is 21.1 Å². The van der Waals surface area contributed by atoms with Crippen LogP contribution in [0.4, 0.5) is 5.69 Å². The van der Waals surface area contributed by atoms with Crippen LogP contribution in [0.1, 0.15) is 50.4 Å². The number of carbonyl (C=O) groups is 2. The molecule has 0 spiro atoms. The number of benzene rings is 2. The van der Waals surface area contributed by atoms with Gasteiger partial charge in [0, 0.05) is 23.7 Å². The molecule has 1 saturated carbocycles. The van der Waals surface area contributed by atoms with Gasteiger partial charge in [-0.15, -0.1) is 0 Å². The number of fused-ring (bicyclic) bond motifs is 2. The number of amides is 1. The third-order valence-electron chi connectivity index (χ3n) is 6.50. The molecular formula is C25H27ClN2O6. The van der Waals surface area contributed by atoms with Crippen molar-refractivity contribution in [2.75, 3.05) is 13.2 Å². The summed E-state index contributed by atoms with van der Waals surface area (Å²) >= 11 is 5.82. The van der Waals surface area contributed by atoms with Gasteiger partial charge in [-0.05, 0) is 66.5 Å². The summed E-state index contributed by atoms with van der Waals surface area (Å²) in [6, 6.07) is 10.3. The molecule has 2 aromatic carbocycles. The first-order chi connectivity index (χ1) is 15.9. The number of nitro groups is 1. The third kappa shape index (κ3) is 5.17. The molecule has 180 valence electrons. The maximum absolute atomic E-state index is 12.8. The van der Waals surface area contributed by atoms with E-state index < -0.39 is 10.9 Å². The Bertz CT molecular complexity index is 1130. The second-order valence-electron chi connectivity index (χ2n) is 10.3. The predicted octanol–water partition coefficient (Wildman–Crippen LogP) is 5.62. The minimum atomic E-state index is -0.619. The van der Waals surface area contributed by atoms with E-state index >= 15 is 0 Å². The predicted molar refractivity (Wildman–Crippen MR) is 126 cm³/mol. The van der Waals surface area contributed by atoms with E-state index in [2.05, 4.69) is 20.8 Å². The van der Waals surface area contributed by atoms with Gasteiger partial charge in [0.15, 0.2) is 6.61 Å². The Labute approximate surface area is 202 Å². The smallest absolute Gasteiger partial charge is 0.338 e. The van der Waals surface area contributed by atoms with Gasteiger partial charge in [-0.3, -0.25) is 14.9 Å². The van der Waals surface area contributed by atoms with Gasteiger partial charge in [0.2, 0.25) is 5.75 Å². The second kappa shape index (κ2) is 8.91. The standard InChI is InChI=1S/C25H27ClN2O6/c1-24(2)11-18-12-25(3,14-24)15-27(18)22(29)13-33-23(30)16-4-7-19(8-5-16)34-21-9-6-17(26)10-20(21)28(31)32/h4-10,18H,11-15H2,1-3H3.